The second-order valence-electron chi connectivity index (χ2n) is 11.1. The number of nitrogens with zero attached hydrogens (tertiary/aromatic N) is 4. The molecule has 1 N–H and O–H groups in total. The second-order valence-corrected chi connectivity index (χ2v) is 15.4. The van der Waals surface area contributed by atoms with Gasteiger partial charge in [-0.05, 0) is 36.4 Å². The molecule has 2 aromatic carbocycles. The standard InChI is InChI=1S/C29H30F3N5O3S3/c1-29(2,3)28-35-26(27(41-28)22-9-11-33-24(34-22)10-12-37-13-15-42(38)16-14-37)19-5-4-6-21(25(19)32)36-43(39,40)23-17-18(30)7-8-20(23)31/h4-9,11,17,36H,10,12-16H2,1-3H3. The number of rotatable bonds is 8. The largest absolute Gasteiger partial charge is 0.616 e. The molecule has 0 spiro atoms. The predicted molar refractivity (Wildman–Crippen MR) is 162 cm³/mol. The van der Waals surface area contributed by atoms with Gasteiger partial charge in [0, 0.05) is 43.2 Å². The zero-order chi connectivity index (χ0) is 30.9. The average molecular weight is 650 g/mol. The Labute approximate surface area is 255 Å². The van der Waals surface area contributed by atoms with Gasteiger partial charge in [-0.25, -0.2) is 36.5 Å². The number of hydrogen-bond donors (Lipinski definition) is 1. The molecule has 0 radical (unpaired) electrons. The van der Waals surface area contributed by atoms with E-state index in [0.717, 1.165) is 19.2 Å². The van der Waals surface area contributed by atoms with Gasteiger partial charge in [0.1, 0.15) is 33.9 Å². The third kappa shape index (κ3) is 7.20. The van der Waals surface area contributed by atoms with Crippen LogP contribution in [0.3, 0.4) is 0 Å². The normalized spacial score (nSPS) is 15.1. The third-order valence-electron chi connectivity index (χ3n) is 6.81. The van der Waals surface area contributed by atoms with Crippen LogP contribution >= 0.6 is 11.3 Å². The Kier molecular flexibility index (Phi) is 9.14. The lowest BCUT2D eigenvalue weighted by atomic mass is 9.98. The number of nitrogens with one attached hydrogen (secondary N) is 1. The first-order valence-electron chi connectivity index (χ1n) is 13.5. The summed E-state index contributed by atoms with van der Waals surface area (Å²) in [5.41, 5.74) is 0.00635. The molecule has 0 amide bonds. The molecule has 3 heterocycles. The molecule has 1 aliphatic heterocycles. The fourth-order valence-corrected chi connectivity index (χ4v) is 7.86. The molecule has 1 fully saturated rings. The molecular formula is C29H30F3N5O3S3. The number of sulfonamides is 1. The van der Waals surface area contributed by atoms with Gasteiger partial charge in [0.15, 0.2) is 5.82 Å². The Balaban J connectivity index is 1.50. The lowest BCUT2D eigenvalue weighted by Crippen LogP contribution is -2.41. The topological polar surface area (TPSA) is 111 Å². The van der Waals surface area contributed by atoms with Crippen LogP contribution in [-0.2, 0) is 33.0 Å². The van der Waals surface area contributed by atoms with Crippen LogP contribution in [0.2, 0.25) is 0 Å². The summed E-state index contributed by atoms with van der Waals surface area (Å²) in [6, 6.07) is 7.86. The van der Waals surface area contributed by atoms with E-state index < -0.39 is 49.2 Å². The van der Waals surface area contributed by atoms with Crippen molar-refractivity contribution in [3.8, 4) is 21.8 Å². The zero-order valence-corrected chi connectivity index (χ0v) is 26.2. The van der Waals surface area contributed by atoms with Gasteiger partial charge in [-0.3, -0.25) is 9.62 Å². The Hall–Kier alpha value is -3.04. The van der Waals surface area contributed by atoms with Gasteiger partial charge >= 0.3 is 0 Å². The van der Waals surface area contributed by atoms with Crippen molar-refractivity contribution in [2.24, 2.45) is 0 Å². The fraction of sp³-hybridized carbons (Fsp3) is 0.345. The average Bonchev–Trinajstić information content (AvgIpc) is 3.41. The van der Waals surface area contributed by atoms with Gasteiger partial charge in [-0.15, -0.1) is 11.3 Å². The zero-order valence-electron chi connectivity index (χ0n) is 23.7. The number of aromatic nitrogens is 3. The van der Waals surface area contributed by atoms with E-state index >= 15 is 4.39 Å². The van der Waals surface area contributed by atoms with Crippen LogP contribution in [0.15, 0.2) is 53.6 Å². The van der Waals surface area contributed by atoms with Crippen LogP contribution in [-0.4, -0.2) is 64.0 Å². The molecule has 43 heavy (non-hydrogen) atoms. The monoisotopic (exact) mass is 649 g/mol. The smallest absolute Gasteiger partial charge is 0.265 e. The minimum atomic E-state index is -4.66. The van der Waals surface area contributed by atoms with Gasteiger partial charge < -0.3 is 4.55 Å². The van der Waals surface area contributed by atoms with E-state index in [-0.39, 0.29) is 16.7 Å². The van der Waals surface area contributed by atoms with Crippen LogP contribution in [0.5, 0.6) is 0 Å². The first kappa shape index (κ1) is 31.4. The maximum Gasteiger partial charge on any atom is 0.265 e. The molecule has 8 nitrogen and oxygen atoms in total. The molecule has 0 saturated carbocycles. The predicted octanol–water partition coefficient (Wildman–Crippen LogP) is 5.39. The summed E-state index contributed by atoms with van der Waals surface area (Å²) in [5, 5.41) is 0.714. The van der Waals surface area contributed by atoms with Gasteiger partial charge in [0.05, 0.1) is 27.0 Å². The highest BCUT2D eigenvalue weighted by Gasteiger charge is 2.28. The van der Waals surface area contributed by atoms with E-state index in [9.17, 15) is 21.8 Å². The Morgan fingerprint density at radius 2 is 1.81 bits per heavy atom. The van der Waals surface area contributed by atoms with Crippen molar-refractivity contribution < 1.29 is 26.1 Å². The van der Waals surface area contributed by atoms with Crippen molar-refractivity contribution >= 4 is 38.2 Å². The highest BCUT2D eigenvalue weighted by atomic mass is 32.2. The molecule has 0 atom stereocenters. The Morgan fingerprint density at radius 3 is 2.53 bits per heavy atom. The molecule has 14 heteroatoms. The first-order valence-corrected chi connectivity index (χ1v) is 17.3. The van der Waals surface area contributed by atoms with E-state index in [1.165, 1.54) is 29.5 Å². The van der Waals surface area contributed by atoms with E-state index in [2.05, 4.69) is 14.6 Å². The second kappa shape index (κ2) is 12.5. The van der Waals surface area contributed by atoms with Crippen LogP contribution in [0.4, 0.5) is 18.9 Å². The molecule has 1 saturated heterocycles. The van der Waals surface area contributed by atoms with Crippen molar-refractivity contribution in [3.63, 3.8) is 0 Å². The number of hydrogen-bond acceptors (Lipinski definition) is 8. The first-order chi connectivity index (χ1) is 20.3. The summed E-state index contributed by atoms with van der Waals surface area (Å²) in [6.07, 6.45) is 2.21. The quantitative estimate of drug-likeness (QED) is 0.255. The maximum absolute atomic E-state index is 16.0. The van der Waals surface area contributed by atoms with Gasteiger partial charge in [0.25, 0.3) is 10.0 Å². The molecule has 228 valence electrons. The van der Waals surface area contributed by atoms with Crippen LogP contribution in [0.1, 0.15) is 31.6 Å². The van der Waals surface area contributed by atoms with Gasteiger partial charge in [0.2, 0.25) is 0 Å². The Bertz CT molecular complexity index is 1740. The third-order valence-corrected chi connectivity index (χ3v) is 11.0. The lowest BCUT2D eigenvalue weighted by molar-refractivity contribution is 0.297. The Morgan fingerprint density at radius 1 is 1.07 bits per heavy atom. The fourth-order valence-electron chi connectivity index (χ4n) is 4.48. The summed E-state index contributed by atoms with van der Waals surface area (Å²) >= 11 is 0.592. The van der Waals surface area contributed by atoms with E-state index in [4.69, 9.17) is 9.97 Å². The van der Waals surface area contributed by atoms with E-state index in [1.54, 1.807) is 12.3 Å². The molecule has 4 aromatic rings. The summed E-state index contributed by atoms with van der Waals surface area (Å²) < 4.78 is 83.5. The maximum atomic E-state index is 16.0. The molecule has 1 aliphatic rings. The molecule has 0 aliphatic carbocycles. The molecular weight excluding hydrogens is 620 g/mol. The summed E-state index contributed by atoms with van der Waals surface area (Å²) in [6.45, 7) is 8.16. The number of halogens is 3. The van der Waals surface area contributed by atoms with Crippen molar-refractivity contribution in [3.05, 3.63) is 76.9 Å². The SMILES string of the molecule is CC(C)(C)c1nc(-c2cccc(NS(=O)(=O)c3cc(F)ccc3F)c2F)c(-c2ccnc(CCN3CC[S+]([O-])CC3)n2)s1. The van der Waals surface area contributed by atoms with Gasteiger partial charge in [-0.1, -0.05) is 38.0 Å². The van der Waals surface area contributed by atoms with E-state index in [0.29, 0.717) is 58.0 Å². The van der Waals surface area contributed by atoms with E-state index in [1.807, 2.05) is 20.8 Å². The molecule has 0 bridgehead atoms. The van der Waals surface area contributed by atoms with Crippen LogP contribution in [0.25, 0.3) is 21.8 Å². The van der Waals surface area contributed by atoms with Crippen molar-refractivity contribution in [1.82, 2.24) is 19.9 Å². The highest BCUT2D eigenvalue weighted by Crippen LogP contribution is 2.42. The summed E-state index contributed by atoms with van der Waals surface area (Å²) in [5.74, 6) is -1.14. The van der Waals surface area contributed by atoms with Crippen LogP contribution in [0, 0.1) is 17.5 Å². The lowest BCUT2D eigenvalue weighted by Gasteiger charge is -2.27. The highest BCUT2D eigenvalue weighted by molar-refractivity contribution is 7.92. The molecule has 0 unspecified atom stereocenters. The number of anilines is 1. The van der Waals surface area contributed by atoms with Crippen molar-refractivity contribution in [1.29, 1.82) is 0 Å². The number of benzene rings is 2. The molecule has 5 rings (SSSR count). The minimum absolute atomic E-state index is 0.0168. The van der Waals surface area contributed by atoms with Crippen molar-refractivity contribution in [2.45, 2.75) is 37.5 Å². The van der Waals surface area contributed by atoms with Gasteiger partial charge in [-0.2, -0.15) is 0 Å². The molecule has 2 aromatic heterocycles. The summed E-state index contributed by atoms with van der Waals surface area (Å²) in [7, 11) is -4.66. The summed E-state index contributed by atoms with van der Waals surface area (Å²) in [4.78, 5) is 15.8. The van der Waals surface area contributed by atoms with Crippen molar-refractivity contribution in [2.75, 3.05) is 35.9 Å². The minimum Gasteiger partial charge on any atom is -0.616 e. The number of thiazole rings is 1. The van der Waals surface area contributed by atoms with Crippen LogP contribution < -0.4 is 4.72 Å².